The van der Waals surface area contributed by atoms with Gasteiger partial charge in [0.05, 0.1) is 39.9 Å². The molecule has 232 valence electrons. The van der Waals surface area contributed by atoms with Crippen LogP contribution >= 0.6 is 7.82 Å². The van der Waals surface area contributed by atoms with E-state index in [1.807, 2.05) is 34.1 Å². The van der Waals surface area contributed by atoms with Crippen molar-refractivity contribution in [1.82, 2.24) is 5.32 Å². The summed E-state index contributed by atoms with van der Waals surface area (Å²) in [4.78, 5) is 22.6. The average molecular weight is 578 g/mol. The summed E-state index contributed by atoms with van der Waals surface area (Å²) in [5.74, 6) is -0.191. The molecule has 0 bridgehead atoms. The zero-order chi connectivity index (χ0) is 29.4. The molecular weight excluding hydrogens is 515 g/mol. The molecule has 0 radical (unpaired) electrons. The quantitative estimate of drug-likeness (QED) is 0.0425. The summed E-state index contributed by atoms with van der Waals surface area (Å²) in [6, 6.07) is -0.834. The Morgan fingerprint density at radius 1 is 0.846 bits per heavy atom. The number of phosphoric acid groups is 1. The van der Waals surface area contributed by atoms with Crippen molar-refractivity contribution in [1.29, 1.82) is 0 Å². The molecule has 0 fully saturated rings. The first-order valence-corrected chi connectivity index (χ1v) is 17.1. The molecule has 1 amide bonds. The molecule has 0 saturated carbocycles. The Morgan fingerprint density at radius 2 is 1.36 bits per heavy atom. The highest BCUT2D eigenvalue weighted by atomic mass is 31.2. The van der Waals surface area contributed by atoms with Gasteiger partial charge in [0.1, 0.15) is 13.2 Å². The Hall–Kier alpha value is -0.760. The number of allylic oxidation sites excluding steroid dienone is 1. The first-order chi connectivity index (χ1) is 18.5. The van der Waals surface area contributed by atoms with Crippen molar-refractivity contribution < 1.29 is 32.9 Å². The van der Waals surface area contributed by atoms with Crippen LogP contribution in [0.5, 0.6) is 0 Å². The number of aliphatic hydroxyl groups is 1. The number of carbonyl (C=O) groups excluding carboxylic acids is 1. The minimum absolute atomic E-state index is 0.0619. The summed E-state index contributed by atoms with van der Waals surface area (Å²) in [5, 5.41) is 13.3. The number of aliphatic hydroxyl groups excluding tert-OH is 1. The molecule has 0 spiro atoms. The van der Waals surface area contributed by atoms with Gasteiger partial charge in [-0.05, 0) is 12.8 Å². The number of nitrogens with one attached hydrogen (secondary N) is 1. The Labute approximate surface area is 240 Å². The highest BCUT2D eigenvalue weighted by Crippen LogP contribution is 2.43. The van der Waals surface area contributed by atoms with Crippen LogP contribution < -0.4 is 5.32 Å². The molecule has 3 N–H and O–H groups in total. The lowest BCUT2D eigenvalue weighted by molar-refractivity contribution is -0.870. The van der Waals surface area contributed by atoms with Crippen LogP contribution in [0.3, 0.4) is 0 Å². The highest BCUT2D eigenvalue weighted by Gasteiger charge is 2.27. The summed E-state index contributed by atoms with van der Waals surface area (Å²) in [7, 11) is 1.56. The SMILES string of the molecule is CCC/C=C/C(O)C(COP(=O)(O)OCC[N+](C)(C)C)NC(=O)CCCCCCCCCCCCCCCC. The second-order valence-corrected chi connectivity index (χ2v) is 13.3. The van der Waals surface area contributed by atoms with E-state index >= 15 is 0 Å². The molecule has 0 aliphatic heterocycles. The molecule has 0 aromatic carbocycles. The van der Waals surface area contributed by atoms with Gasteiger partial charge in [0.2, 0.25) is 5.91 Å². The minimum Gasteiger partial charge on any atom is -0.387 e. The first kappa shape index (κ1) is 38.2. The number of quaternary nitrogens is 1. The van der Waals surface area contributed by atoms with Crippen LogP contribution in [0, 0.1) is 0 Å². The van der Waals surface area contributed by atoms with Crippen LogP contribution in [-0.2, 0) is 18.4 Å². The zero-order valence-electron chi connectivity index (χ0n) is 25.9. The Bertz CT molecular complexity index is 668. The number of amides is 1. The van der Waals surface area contributed by atoms with E-state index in [1.54, 1.807) is 6.08 Å². The molecule has 3 atom stereocenters. The Kier molecular flexibility index (Phi) is 23.4. The van der Waals surface area contributed by atoms with Gasteiger partial charge in [-0.15, -0.1) is 0 Å². The molecule has 0 aliphatic rings. The minimum atomic E-state index is -4.30. The van der Waals surface area contributed by atoms with Gasteiger partial charge in [0.25, 0.3) is 0 Å². The van der Waals surface area contributed by atoms with Gasteiger partial charge < -0.3 is 19.8 Å². The smallest absolute Gasteiger partial charge is 0.387 e. The normalized spacial score (nSPS) is 15.4. The van der Waals surface area contributed by atoms with Crippen molar-refractivity contribution >= 4 is 13.7 Å². The third-order valence-corrected chi connectivity index (χ3v) is 7.72. The van der Waals surface area contributed by atoms with E-state index in [4.69, 9.17) is 9.05 Å². The van der Waals surface area contributed by atoms with Crippen LogP contribution in [0.2, 0.25) is 0 Å². The topological polar surface area (TPSA) is 105 Å². The molecule has 0 aliphatic carbocycles. The Balaban J connectivity index is 4.27. The van der Waals surface area contributed by atoms with Crippen molar-refractivity contribution in [2.45, 2.75) is 135 Å². The van der Waals surface area contributed by atoms with Crippen molar-refractivity contribution in [2.24, 2.45) is 0 Å². The van der Waals surface area contributed by atoms with Gasteiger partial charge in [-0.3, -0.25) is 13.8 Å². The number of nitrogens with zero attached hydrogens (tertiary/aromatic N) is 1. The second kappa shape index (κ2) is 23.9. The predicted octanol–water partition coefficient (Wildman–Crippen LogP) is 6.90. The molecule has 8 nitrogen and oxygen atoms in total. The number of phosphoric ester groups is 1. The van der Waals surface area contributed by atoms with Crippen LogP contribution in [0.1, 0.15) is 123 Å². The van der Waals surface area contributed by atoms with Gasteiger partial charge in [-0.2, -0.15) is 0 Å². The number of likely N-dealkylation sites (N-methyl/N-ethyl adjacent to an activating group) is 1. The van der Waals surface area contributed by atoms with Gasteiger partial charge in [-0.1, -0.05) is 116 Å². The molecule has 3 unspecified atom stereocenters. The fourth-order valence-electron chi connectivity index (χ4n) is 4.16. The number of hydrogen-bond donors (Lipinski definition) is 3. The summed E-state index contributed by atoms with van der Waals surface area (Å²) < 4.78 is 23.1. The monoisotopic (exact) mass is 577 g/mol. The maximum atomic E-state index is 12.5. The largest absolute Gasteiger partial charge is 0.472 e. The van der Waals surface area contributed by atoms with Crippen molar-refractivity contribution in [3.8, 4) is 0 Å². The van der Waals surface area contributed by atoms with E-state index in [1.165, 1.54) is 70.6 Å². The lowest BCUT2D eigenvalue weighted by atomic mass is 10.0. The lowest BCUT2D eigenvalue weighted by Crippen LogP contribution is -2.45. The summed E-state index contributed by atoms with van der Waals surface area (Å²) in [6.07, 6.45) is 22.1. The predicted molar refractivity (Wildman–Crippen MR) is 162 cm³/mol. The summed E-state index contributed by atoms with van der Waals surface area (Å²) in [5.41, 5.74) is 0. The molecule has 0 aromatic rings. The van der Waals surface area contributed by atoms with Gasteiger partial charge in [0, 0.05) is 6.42 Å². The van der Waals surface area contributed by atoms with E-state index in [-0.39, 0.29) is 19.1 Å². The summed E-state index contributed by atoms with van der Waals surface area (Å²) >= 11 is 0. The molecule has 0 rings (SSSR count). The molecule has 0 saturated heterocycles. The maximum Gasteiger partial charge on any atom is 0.472 e. The second-order valence-electron chi connectivity index (χ2n) is 11.8. The third kappa shape index (κ3) is 25.9. The van der Waals surface area contributed by atoms with E-state index in [0.717, 1.165) is 32.1 Å². The van der Waals surface area contributed by atoms with Crippen molar-refractivity contribution in [3.05, 3.63) is 12.2 Å². The highest BCUT2D eigenvalue weighted by molar-refractivity contribution is 7.47. The number of unbranched alkanes of at least 4 members (excludes halogenated alkanes) is 14. The molecule has 9 heteroatoms. The number of carbonyl (C=O) groups is 1. The molecular formula is C30H62N2O6P+. The fourth-order valence-corrected chi connectivity index (χ4v) is 4.90. The first-order valence-electron chi connectivity index (χ1n) is 15.6. The zero-order valence-corrected chi connectivity index (χ0v) is 26.8. The van der Waals surface area contributed by atoms with Crippen molar-refractivity contribution in [3.63, 3.8) is 0 Å². The lowest BCUT2D eigenvalue weighted by Gasteiger charge is -2.25. The van der Waals surface area contributed by atoms with Gasteiger partial charge >= 0.3 is 7.82 Å². The van der Waals surface area contributed by atoms with Crippen LogP contribution in [0.4, 0.5) is 0 Å². The van der Waals surface area contributed by atoms with Crippen molar-refractivity contribution in [2.75, 3.05) is 40.9 Å². The third-order valence-electron chi connectivity index (χ3n) is 6.74. The van der Waals surface area contributed by atoms with E-state index in [2.05, 4.69) is 12.2 Å². The van der Waals surface area contributed by atoms with Gasteiger partial charge in [-0.25, -0.2) is 4.57 Å². The molecule has 0 heterocycles. The van der Waals surface area contributed by atoms with E-state index in [9.17, 15) is 19.4 Å². The fraction of sp³-hybridized carbons (Fsp3) is 0.900. The van der Waals surface area contributed by atoms with Crippen LogP contribution in [0.15, 0.2) is 12.2 Å². The molecule has 39 heavy (non-hydrogen) atoms. The standard InChI is InChI=1S/C30H61N2O6P/c1-6-8-10-11-12-13-14-15-16-17-18-19-20-22-24-30(34)31-28(29(33)23-21-9-7-2)27-38-39(35,36)37-26-25-32(3,4)5/h21,23,28-29,33H,6-20,22,24-27H2,1-5H3,(H-,31,34,35,36)/p+1/b23-21+. The number of hydrogen-bond acceptors (Lipinski definition) is 5. The van der Waals surface area contributed by atoms with E-state index < -0.39 is 20.0 Å². The molecule has 0 aromatic heterocycles. The summed E-state index contributed by atoms with van der Waals surface area (Å²) in [6.45, 7) is 4.57. The Morgan fingerprint density at radius 3 is 1.85 bits per heavy atom. The van der Waals surface area contributed by atoms with Gasteiger partial charge in [0.15, 0.2) is 0 Å². The average Bonchev–Trinajstić information content (AvgIpc) is 2.85. The number of rotatable bonds is 27. The van der Waals surface area contributed by atoms with E-state index in [0.29, 0.717) is 17.4 Å². The maximum absolute atomic E-state index is 12.5. The van der Waals surface area contributed by atoms with Crippen LogP contribution in [-0.4, -0.2) is 73.4 Å². The van der Waals surface area contributed by atoms with Crippen LogP contribution in [0.25, 0.3) is 0 Å².